The number of aliphatic hydroxyl groups is 1. The van der Waals surface area contributed by atoms with Crippen LogP contribution in [0.5, 0.6) is 5.88 Å². The molecule has 1 saturated heterocycles. The summed E-state index contributed by atoms with van der Waals surface area (Å²) in [5.41, 5.74) is 0.175. The summed E-state index contributed by atoms with van der Waals surface area (Å²) in [5.74, 6) is -1.98. The summed E-state index contributed by atoms with van der Waals surface area (Å²) in [5, 5.41) is 17.6. The lowest BCUT2D eigenvalue weighted by Gasteiger charge is -2.29. The number of cyclic esters (lactones) is 1. The maximum Gasteiger partial charge on any atom is 0.414 e. The minimum atomic E-state index is -1.32. The summed E-state index contributed by atoms with van der Waals surface area (Å²) in [6, 6.07) is 3.63. The van der Waals surface area contributed by atoms with Gasteiger partial charge in [0.25, 0.3) is 11.8 Å². The third-order valence-electron chi connectivity index (χ3n) is 6.00. The van der Waals surface area contributed by atoms with Crippen LogP contribution >= 0.6 is 0 Å². The lowest BCUT2D eigenvalue weighted by atomic mass is 9.97. The number of hydrogen-bond donors (Lipinski definition) is 1. The average molecular weight is 516 g/mol. The number of nitrogens with zero attached hydrogens (tertiary/aromatic N) is 6. The molecule has 5 rings (SSSR count). The number of aromatic nitrogens is 4. The fraction of sp³-hybridized carbons (Fsp3) is 0.348. The molecule has 0 spiro atoms. The van der Waals surface area contributed by atoms with Crippen LogP contribution < -0.4 is 9.64 Å². The first-order chi connectivity index (χ1) is 17.9. The number of hydrogen-bond acceptors (Lipinski definition) is 9. The second-order valence-corrected chi connectivity index (χ2v) is 8.45. The van der Waals surface area contributed by atoms with Crippen molar-refractivity contribution in [3.63, 3.8) is 0 Å². The van der Waals surface area contributed by atoms with Gasteiger partial charge in [0.05, 0.1) is 18.8 Å². The topological polar surface area (TPSA) is 136 Å². The molecule has 2 aliphatic rings. The van der Waals surface area contributed by atoms with E-state index in [2.05, 4.69) is 19.8 Å². The van der Waals surface area contributed by atoms with Gasteiger partial charge in [0.1, 0.15) is 37.2 Å². The van der Waals surface area contributed by atoms with Gasteiger partial charge in [-0.3, -0.25) is 9.69 Å². The molecule has 37 heavy (non-hydrogen) atoms. The minimum Gasteiger partial charge on any atom is -0.471 e. The molecule has 1 fully saturated rings. The second kappa shape index (κ2) is 10.3. The van der Waals surface area contributed by atoms with Crippen LogP contribution in [0, 0.1) is 11.6 Å². The number of rotatable bonds is 8. The monoisotopic (exact) mass is 516 g/mol. The van der Waals surface area contributed by atoms with Crippen molar-refractivity contribution in [1.29, 1.82) is 0 Å². The van der Waals surface area contributed by atoms with Crippen molar-refractivity contribution in [3.05, 3.63) is 60.4 Å². The van der Waals surface area contributed by atoms with Gasteiger partial charge in [0.2, 0.25) is 0 Å². The first-order valence-electron chi connectivity index (χ1n) is 11.4. The molecule has 2 aromatic heterocycles. The van der Waals surface area contributed by atoms with Gasteiger partial charge in [-0.15, -0.1) is 0 Å². The highest BCUT2D eigenvalue weighted by Gasteiger charge is 2.34. The molecular formula is C23H22F2N6O6. The number of carbonyl (C=O) groups excluding carboxylic acids is 2. The highest BCUT2D eigenvalue weighted by molar-refractivity contribution is 5.90. The SMILES string of the molecule is O=C([C@H](O)Cn1cncn1)N1CC=C(c2c(F)cc(N3C[C@H](COc4ccon4)OC3=O)cc2F)CC1. The van der Waals surface area contributed by atoms with Crippen LogP contribution in [0.4, 0.5) is 19.3 Å². The van der Waals surface area contributed by atoms with E-state index in [-0.39, 0.29) is 56.3 Å². The minimum absolute atomic E-state index is 0.00649. The first-order valence-corrected chi connectivity index (χ1v) is 11.4. The number of amides is 2. The zero-order valence-corrected chi connectivity index (χ0v) is 19.4. The van der Waals surface area contributed by atoms with Crippen molar-refractivity contribution >= 4 is 23.3 Å². The Kier molecular flexibility index (Phi) is 6.81. The Hall–Kier alpha value is -4.33. The fourth-order valence-corrected chi connectivity index (χ4v) is 4.19. The molecule has 14 heteroatoms. The van der Waals surface area contributed by atoms with Crippen LogP contribution in [0.3, 0.4) is 0 Å². The van der Waals surface area contributed by atoms with Gasteiger partial charge in [0, 0.05) is 24.7 Å². The van der Waals surface area contributed by atoms with Gasteiger partial charge in [-0.1, -0.05) is 6.08 Å². The largest absolute Gasteiger partial charge is 0.471 e. The van der Waals surface area contributed by atoms with E-state index < -0.39 is 35.8 Å². The van der Waals surface area contributed by atoms with Crippen LogP contribution in [0.2, 0.25) is 0 Å². The molecule has 0 unspecified atom stereocenters. The van der Waals surface area contributed by atoms with Gasteiger partial charge in [-0.25, -0.2) is 23.2 Å². The second-order valence-electron chi connectivity index (χ2n) is 8.45. The van der Waals surface area contributed by atoms with E-state index in [0.29, 0.717) is 5.57 Å². The molecule has 0 radical (unpaired) electrons. The normalized spacial score (nSPS) is 18.5. The van der Waals surface area contributed by atoms with Gasteiger partial charge >= 0.3 is 6.09 Å². The van der Waals surface area contributed by atoms with E-state index in [1.165, 1.54) is 34.6 Å². The zero-order valence-electron chi connectivity index (χ0n) is 19.4. The Balaban J connectivity index is 1.23. The third-order valence-corrected chi connectivity index (χ3v) is 6.00. The predicted octanol–water partition coefficient (Wildman–Crippen LogP) is 1.63. The van der Waals surface area contributed by atoms with Gasteiger partial charge in [-0.05, 0) is 29.3 Å². The summed E-state index contributed by atoms with van der Waals surface area (Å²) in [7, 11) is 0. The van der Waals surface area contributed by atoms with Crippen LogP contribution in [0.25, 0.3) is 5.57 Å². The van der Waals surface area contributed by atoms with Gasteiger partial charge in [-0.2, -0.15) is 5.10 Å². The average Bonchev–Trinajstić information content (AvgIpc) is 3.65. The molecule has 0 aliphatic carbocycles. The fourth-order valence-electron chi connectivity index (χ4n) is 4.19. The number of ether oxygens (including phenoxy) is 2. The molecule has 2 amide bonds. The van der Waals surface area contributed by atoms with E-state index in [9.17, 15) is 14.7 Å². The maximum atomic E-state index is 15.1. The molecule has 2 atom stereocenters. The molecule has 2 aliphatic heterocycles. The van der Waals surface area contributed by atoms with Crippen molar-refractivity contribution in [3.8, 4) is 5.88 Å². The molecule has 1 N–H and O–H groups in total. The third kappa shape index (κ3) is 5.28. The molecule has 194 valence electrons. The Bertz CT molecular complexity index is 1280. The summed E-state index contributed by atoms with van der Waals surface area (Å²) in [6.07, 6.45) is 2.99. The van der Waals surface area contributed by atoms with Crippen molar-refractivity contribution in [2.75, 3.05) is 31.1 Å². The number of aliphatic hydroxyl groups excluding tert-OH is 1. The van der Waals surface area contributed by atoms with Crippen molar-refractivity contribution in [1.82, 2.24) is 24.8 Å². The highest BCUT2D eigenvalue weighted by Crippen LogP contribution is 2.32. The van der Waals surface area contributed by atoms with Gasteiger partial charge in [0.15, 0.2) is 12.2 Å². The van der Waals surface area contributed by atoms with Crippen molar-refractivity contribution < 1.29 is 37.5 Å². The number of benzene rings is 1. The summed E-state index contributed by atoms with van der Waals surface area (Å²) < 4.78 is 46.7. The first kappa shape index (κ1) is 24.4. The summed E-state index contributed by atoms with van der Waals surface area (Å²) in [4.78, 5) is 31.1. The van der Waals surface area contributed by atoms with Crippen molar-refractivity contribution in [2.45, 2.75) is 25.2 Å². The van der Waals surface area contributed by atoms with Crippen LogP contribution in [-0.2, 0) is 16.1 Å². The van der Waals surface area contributed by atoms with Crippen LogP contribution in [-0.4, -0.2) is 80.4 Å². The molecular weight excluding hydrogens is 494 g/mol. The highest BCUT2D eigenvalue weighted by atomic mass is 19.1. The molecule has 1 aromatic carbocycles. The lowest BCUT2D eigenvalue weighted by Crippen LogP contribution is -2.43. The summed E-state index contributed by atoms with van der Waals surface area (Å²) >= 11 is 0. The number of carbonyl (C=O) groups is 2. The lowest BCUT2D eigenvalue weighted by molar-refractivity contribution is -0.140. The number of halogens is 2. The Morgan fingerprint density at radius 2 is 2.11 bits per heavy atom. The van der Waals surface area contributed by atoms with Crippen LogP contribution in [0.15, 0.2) is 47.7 Å². The molecule has 4 heterocycles. The van der Waals surface area contributed by atoms with Crippen LogP contribution in [0.1, 0.15) is 12.0 Å². The number of anilines is 1. The van der Waals surface area contributed by atoms with E-state index in [0.717, 1.165) is 17.0 Å². The van der Waals surface area contributed by atoms with Gasteiger partial charge < -0.3 is 24.0 Å². The van der Waals surface area contributed by atoms with E-state index >= 15 is 8.78 Å². The quantitative estimate of drug-likeness (QED) is 0.474. The zero-order chi connectivity index (χ0) is 25.9. The summed E-state index contributed by atoms with van der Waals surface area (Å²) in [6.45, 7) is 0.224. The maximum absolute atomic E-state index is 15.1. The molecule has 0 saturated carbocycles. The Morgan fingerprint density at radius 1 is 1.30 bits per heavy atom. The van der Waals surface area contributed by atoms with Crippen molar-refractivity contribution in [2.24, 2.45) is 0 Å². The standard InChI is InChI=1S/C23H22F2N6O6/c24-17-7-15(31-9-16(37-23(31)34)11-35-20-3-6-36-28-20)8-18(25)21(17)14-1-4-29(5-2-14)22(33)19(32)10-30-13-26-12-27-30/h1,3,6-8,12-13,16,19,32H,2,4-5,9-11H2/t16-,19-/m1/s1. The Morgan fingerprint density at radius 3 is 2.76 bits per heavy atom. The smallest absolute Gasteiger partial charge is 0.414 e. The molecule has 0 bridgehead atoms. The van der Waals surface area contributed by atoms with E-state index in [1.54, 1.807) is 6.08 Å². The molecule has 12 nitrogen and oxygen atoms in total. The van der Waals surface area contributed by atoms with E-state index in [1.807, 2.05) is 0 Å². The molecule has 3 aromatic rings. The Labute approximate surface area is 208 Å². The predicted molar refractivity (Wildman–Crippen MR) is 121 cm³/mol. The van der Waals surface area contributed by atoms with E-state index in [4.69, 9.17) is 9.47 Å².